The summed E-state index contributed by atoms with van der Waals surface area (Å²) in [5.41, 5.74) is 6.65. The van der Waals surface area contributed by atoms with Crippen molar-refractivity contribution in [3.05, 3.63) is 0 Å². The maximum absolute atomic E-state index is 6.25. The van der Waals surface area contributed by atoms with E-state index in [4.69, 9.17) is 10.5 Å². The van der Waals surface area contributed by atoms with Crippen molar-refractivity contribution in [2.24, 2.45) is 11.1 Å². The van der Waals surface area contributed by atoms with Crippen LogP contribution in [0.2, 0.25) is 0 Å². The van der Waals surface area contributed by atoms with Crippen LogP contribution in [0, 0.1) is 5.41 Å². The maximum Gasteiger partial charge on any atom is 0.0472 e. The molecule has 2 unspecified atom stereocenters. The summed E-state index contributed by atoms with van der Waals surface area (Å²) in [5.74, 6) is 0. The van der Waals surface area contributed by atoms with E-state index in [0.717, 1.165) is 25.3 Å². The molecule has 0 bridgehead atoms. The third-order valence-corrected chi connectivity index (χ3v) is 4.92. The van der Waals surface area contributed by atoms with Crippen LogP contribution in [0.5, 0.6) is 0 Å². The molecule has 3 rings (SSSR count). The third kappa shape index (κ3) is 1.44. The number of hydrogen-bond acceptors (Lipinski definition) is 3. The Morgan fingerprint density at radius 3 is 2.47 bits per heavy atom. The number of hydrogen-bond donors (Lipinski definition) is 1. The van der Waals surface area contributed by atoms with Gasteiger partial charge in [0.1, 0.15) is 0 Å². The van der Waals surface area contributed by atoms with Crippen molar-refractivity contribution < 1.29 is 4.74 Å². The van der Waals surface area contributed by atoms with Gasteiger partial charge in [0, 0.05) is 36.8 Å². The third-order valence-electron chi connectivity index (χ3n) is 4.92. The fourth-order valence-corrected chi connectivity index (χ4v) is 3.56. The topological polar surface area (TPSA) is 38.5 Å². The van der Waals surface area contributed by atoms with E-state index in [1.54, 1.807) is 0 Å². The molecule has 15 heavy (non-hydrogen) atoms. The van der Waals surface area contributed by atoms with Crippen LogP contribution in [-0.2, 0) is 4.74 Å². The highest BCUT2D eigenvalue weighted by atomic mass is 16.5. The Bertz CT molecular complexity index is 246. The lowest BCUT2D eigenvalue weighted by Crippen LogP contribution is -2.68. The molecule has 0 aromatic carbocycles. The van der Waals surface area contributed by atoms with Gasteiger partial charge in [-0.25, -0.2) is 0 Å². The summed E-state index contributed by atoms with van der Waals surface area (Å²) in [6.07, 6.45) is 6.35. The van der Waals surface area contributed by atoms with Crippen LogP contribution in [0.1, 0.15) is 32.1 Å². The van der Waals surface area contributed by atoms with Gasteiger partial charge in [-0.2, -0.15) is 0 Å². The summed E-state index contributed by atoms with van der Waals surface area (Å²) in [4.78, 5) is 2.61. The lowest BCUT2D eigenvalue weighted by molar-refractivity contribution is -0.109. The Labute approximate surface area is 91.9 Å². The van der Waals surface area contributed by atoms with Crippen molar-refractivity contribution in [1.29, 1.82) is 0 Å². The Hall–Kier alpha value is -0.120. The zero-order chi connectivity index (χ0) is 10.5. The van der Waals surface area contributed by atoms with E-state index in [1.807, 2.05) is 0 Å². The predicted octanol–water partition coefficient (Wildman–Crippen LogP) is 0.977. The second kappa shape index (κ2) is 3.44. The Morgan fingerprint density at radius 2 is 1.93 bits per heavy atom. The summed E-state index contributed by atoms with van der Waals surface area (Å²) < 4.78 is 5.48. The molecule has 1 heterocycles. The average Bonchev–Trinajstić information content (AvgIpc) is 3.10. The zero-order valence-corrected chi connectivity index (χ0v) is 9.61. The zero-order valence-electron chi connectivity index (χ0n) is 9.61. The van der Waals surface area contributed by atoms with Gasteiger partial charge >= 0.3 is 0 Å². The first-order valence-corrected chi connectivity index (χ1v) is 6.29. The van der Waals surface area contributed by atoms with Crippen LogP contribution in [0.25, 0.3) is 0 Å². The molecule has 2 N–H and O–H groups in total. The van der Waals surface area contributed by atoms with Gasteiger partial charge < -0.3 is 10.5 Å². The summed E-state index contributed by atoms with van der Waals surface area (Å²) in [6.45, 7) is 1.84. The summed E-state index contributed by atoms with van der Waals surface area (Å²) in [7, 11) is 2.30. The number of rotatable bonds is 2. The SMILES string of the molecule is CN(C1CC1)C1CC(N)C12CCOCC2. The molecule has 0 radical (unpaired) electrons. The van der Waals surface area contributed by atoms with E-state index >= 15 is 0 Å². The molecule has 2 atom stereocenters. The second-order valence-corrected chi connectivity index (χ2v) is 5.60. The molecular formula is C12H22N2O. The van der Waals surface area contributed by atoms with Gasteiger partial charge in [0.25, 0.3) is 0 Å². The second-order valence-electron chi connectivity index (χ2n) is 5.60. The molecule has 1 spiro atoms. The van der Waals surface area contributed by atoms with Crippen LogP contribution < -0.4 is 5.73 Å². The summed E-state index contributed by atoms with van der Waals surface area (Å²) >= 11 is 0. The molecule has 3 aliphatic rings. The minimum Gasteiger partial charge on any atom is -0.381 e. The molecule has 86 valence electrons. The highest BCUT2D eigenvalue weighted by molar-refractivity contribution is 5.11. The lowest BCUT2D eigenvalue weighted by Gasteiger charge is -2.59. The van der Waals surface area contributed by atoms with Gasteiger partial charge in [0.2, 0.25) is 0 Å². The number of nitrogens with two attached hydrogens (primary N) is 1. The summed E-state index contributed by atoms with van der Waals surface area (Å²) in [6, 6.07) is 2.03. The Morgan fingerprint density at radius 1 is 1.27 bits per heavy atom. The molecule has 0 aromatic heterocycles. The monoisotopic (exact) mass is 210 g/mol. The quantitative estimate of drug-likeness (QED) is 0.738. The lowest BCUT2D eigenvalue weighted by atomic mass is 9.56. The summed E-state index contributed by atoms with van der Waals surface area (Å²) in [5, 5.41) is 0. The van der Waals surface area contributed by atoms with Crippen LogP contribution >= 0.6 is 0 Å². The fourth-order valence-electron chi connectivity index (χ4n) is 3.56. The maximum atomic E-state index is 6.25. The van der Waals surface area contributed by atoms with Crippen LogP contribution in [0.3, 0.4) is 0 Å². The minimum atomic E-state index is 0.398. The first-order valence-electron chi connectivity index (χ1n) is 6.29. The van der Waals surface area contributed by atoms with E-state index in [-0.39, 0.29) is 0 Å². The molecule has 3 fully saturated rings. The molecule has 2 aliphatic carbocycles. The molecule has 0 aromatic rings. The smallest absolute Gasteiger partial charge is 0.0472 e. The highest BCUT2D eigenvalue weighted by Crippen LogP contribution is 2.51. The van der Waals surface area contributed by atoms with Crippen molar-refractivity contribution in [2.75, 3.05) is 20.3 Å². The number of ether oxygens (including phenoxy) is 1. The molecular weight excluding hydrogens is 188 g/mol. The molecule has 2 saturated carbocycles. The van der Waals surface area contributed by atoms with Crippen molar-refractivity contribution in [1.82, 2.24) is 4.90 Å². The van der Waals surface area contributed by atoms with E-state index in [0.29, 0.717) is 11.5 Å². The average molecular weight is 210 g/mol. The largest absolute Gasteiger partial charge is 0.381 e. The van der Waals surface area contributed by atoms with Crippen LogP contribution in [0.4, 0.5) is 0 Å². The van der Waals surface area contributed by atoms with E-state index in [2.05, 4.69) is 11.9 Å². The number of nitrogens with zero attached hydrogens (tertiary/aromatic N) is 1. The van der Waals surface area contributed by atoms with Gasteiger partial charge in [0.05, 0.1) is 0 Å². The normalized spacial score (nSPS) is 39.4. The van der Waals surface area contributed by atoms with Crippen molar-refractivity contribution in [2.45, 2.75) is 50.2 Å². The molecule has 3 nitrogen and oxygen atoms in total. The fraction of sp³-hybridized carbons (Fsp3) is 1.00. The van der Waals surface area contributed by atoms with Crippen molar-refractivity contribution >= 4 is 0 Å². The van der Waals surface area contributed by atoms with Gasteiger partial charge in [-0.05, 0) is 39.2 Å². The molecule has 1 aliphatic heterocycles. The minimum absolute atomic E-state index is 0.398. The van der Waals surface area contributed by atoms with E-state index in [9.17, 15) is 0 Å². The Balaban J connectivity index is 1.73. The van der Waals surface area contributed by atoms with E-state index in [1.165, 1.54) is 32.1 Å². The predicted molar refractivity (Wildman–Crippen MR) is 59.7 cm³/mol. The van der Waals surface area contributed by atoms with Crippen LogP contribution in [-0.4, -0.2) is 43.3 Å². The standard InChI is InChI=1S/C12H22N2O/c1-14(9-2-3-9)11-8-10(13)12(11)4-6-15-7-5-12/h9-11H,2-8,13H2,1H3. The molecule has 0 amide bonds. The molecule has 3 heteroatoms. The van der Waals surface area contributed by atoms with Crippen molar-refractivity contribution in [3.8, 4) is 0 Å². The van der Waals surface area contributed by atoms with Crippen LogP contribution in [0.15, 0.2) is 0 Å². The first-order chi connectivity index (χ1) is 7.24. The van der Waals surface area contributed by atoms with Gasteiger partial charge in [-0.1, -0.05) is 0 Å². The molecule has 1 saturated heterocycles. The highest BCUT2D eigenvalue weighted by Gasteiger charge is 2.56. The first kappa shape index (κ1) is 10.1. The Kier molecular flexibility index (Phi) is 2.31. The van der Waals surface area contributed by atoms with Crippen molar-refractivity contribution in [3.63, 3.8) is 0 Å². The van der Waals surface area contributed by atoms with Gasteiger partial charge in [-0.3, -0.25) is 4.90 Å². The van der Waals surface area contributed by atoms with E-state index < -0.39 is 0 Å². The van der Waals surface area contributed by atoms with Gasteiger partial charge in [-0.15, -0.1) is 0 Å². The van der Waals surface area contributed by atoms with Gasteiger partial charge in [0.15, 0.2) is 0 Å².